The van der Waals surface area contributed by atoms with Crippen LogP contribution in [0.5, 0.6) is 0 Å². The first kappa shape index (κ1) is 77.3. The van der Waals surface area contributed by atoms with E-state index in [1.54, 1.807) is 37.2 Å². The topological polar surface area (TPSA) is 304 Å². The van der Waals surface area contributed by atoms with E-state index in [1.807, 2.05) is 133 Å². The highest BCUT2D eigenvalue weighted by molar-refractivity contribution is 6.09. The predicted octanol–water partition coefficient (Wildman–Crippen LogP) is 14.7. The van der Waals surface area contributed by atoms with Gasteiger partial charge in [0.05, 0.1) is 119 Å². The zero-order valence-electron chi connectivity index (χ0n) is 65.5. The van der Waals surface area contributed by atoms with Crippen LogP contribution in [-0.4, -0.2) is 129 Å². The maximum atomic E-state index is 13.0. The molecule has 6 aromatic heterocycles. The Hall–Kier alpha value is -10.8. The highest BCUT2D eigenvalue weighted by Crippen LogP contribution is 2.51. The van der Waals surface area contributed by atoms with Crippen molar-refractivity contribution in [2.24, 2.45) is 0 Å². The molecule has 3 atom stereocenters. The molecule has 3 aliphatic rings. The van der Waals surface area contributed by atoms with Crippen molar-refractivity contribution in [2.75, 3.05) is 64.9 Å². The molecule has 0 spiro atoms. The summed E-state index contributed by atoms with van der Waals surface area (Å²) in [5, 5.41) is 19.0. The number of aliphatic carboxylic acids is 1. The zero-order chi connectivity index (χ0) is 78.0. The Balaban J connectivity index is 0.000000161. The number of carboxylic acid groups (broad SMARTS) is 1. The Labute approximate surface area is 624 Å². The number of ether oxygens (including phenoxy) is 5. The summed E-state index contributed by atoms with van der Waals surface area (Å²) in [6, 6.07) is 14.6. The maximum Gasteiger partial charge on any atom is 0.339 e. The normalized spacial score (nSPS) is 14.2. The summed E-state index contributed by atoms with van der Waals surface area (Å²) in [5.41, 5.74) is 24.8. The monoisotopic (exact) mass is 1460 g/mol. The van der Waals surface area contributed by atoms with Crippen LogP contribution >= 0.6 is 0 Å². The zero-order valence-corrected chi connectivity index (χ0v) is 65.5. The molecule has 3 aliphatic heterocycles. The van der Waals surface area contributed by atoms with Crippen molar-refractivity contribution in [3.63, 3.8) is 0 Å². The summed E-state index contributed by atoms with van der Waals surface area (Å²) < 4.78 is 36.0. The van der Waals surface area contributed by atoms with Gasteiger partial charge < -0.3 is 73.6 Å². The first-order valence-electron chi connectivity index (χ1n) is 35.8. The summed E-state index contributed by atoms with van der Waals surface area (Å²) in [6.07, 6.45) is 6.67. The van der Waals surface area contributed by atoms with Gasteiger partial charge in [-0.3, -0.25) is 9.59 Å². The first-order chi connectivity index (χ1) is 50.3. The average Bonchev–Trinajstić information content (AvgIpc) is 1.65. The molecule has 5 N–H and O–H groups in total. The van der Waals surface area contributed by atoms with Crippen LogP contribution in [0.15, 0.2) is 79.6 Å². The third-order valence-electron chi connectivity index (χ3n) is 19.4. The number of amides is 2. The minimum atomic E-state index is -1.20. The number of nitrogens with two attached hydrogens (primary N) is 1. The van der Waals surface area contributed by atoms with E-state index < -0.39 is 53.0 Å². The number of hydrogen-bond donors (Lipinski definition) is 4. The number of benzene rings is 4. The highest BCUT2D eigenvalue weighted by Gasteiger charge is 2.41. The Morgan fingerprint density at radius 3 is 1.09 bits per heavy atom. The quantitative estimate of drug-likeness (QED) is 0.0693. The van der Waals surface area contributed by atoms with Crippen LogP contribution in [0.2, 0.25) is 0 Å². The van der Waals surface area contributed by atoms with Gasteiger partial charge >= 0.3 is 17.9 Å². The SMILES string of the molecule is CC(=O)Nc1cnc(N2CCn3c(C)cc4c(-c5ccc(C)cc5)c([C@H](OC(C)(C)C)C(=O)O)c(C)c2c43)nc1.COC(=O)[C@@H](OC(C)(C)C)c1c(C)c2c3c(cc(C)n3CCN2c2ncc(N)cn2)c1C.COC(=O)[C@@H](OC(C)(C)C)c1c(C)c2c3c(cc(C)n3CCN2c2ncc(NC(C)=O)cn2)c1C. The number of nitrogens with one attached hydrogen (secondary N) is 2. The number of carbonyl (C=O) groups excluding carboxylic acids is 4. The third kappa shape index (κ3) is 15.5. The van der Waals surface area contributed by atoms with Gasteiger partial charge in [-0.25, -0.2) is 44.3 Å². The lowest BCUT2D eigenvalue weighted by atomic mass is 9.87. The molecule has 107 heavy (non-hydrogen) atoms. The molecular formula is C81H99N15O11. The molecule has 26 heteroatoms. The van der Waals surface area contributed by atoms with Crippen molar-refractivity contribution in [3.8, 4) is 11.1 Å². The van der Waals surface area contributed by atoms with E-state index in [0.717, 1.165) is 130 Å². The van der Waals surface area contributed by atoms with Gasteiger partial charge in [-0.15, -0.1) is 0 Å². The molecular weight excluding hydrogens is 1360 g/mol. The van der Waals surface area contributed by atoms with E-state index in [1.165, 1.54) is 33.8 Å². The summed E-state index contributed by atoms with van der Waals surface area (Å²) in [7, 11) is 2.77. The minimum absolute atomic E-state index is 0.180. The Morgan fingerprint density at radius 2 is 0.766 bits per heavy atom. The molecule has 564 valence electrons. The van der Waals surface area contributed by atoms with Gasteiger partial charge in [-0.2, -0.15) is 0 Å². The number of carboxylic acids is 1. The maximum absolute atomic E-state index is 13.0. The molecule has 4 aromatic carbocycles. The molecule has 0 bridgehead atoms. The Morgan fingerprint density at radius 1 is 0.449 bits per heavy atom. The summed E-state index contributed by atoms with van der Waals surface area (Å²) >= 11 is 0. The fourth-order valence-electron chi connectivity index (χ4n) is 15.1. The first-order valence-corrected chi connectivity index (χ1v) is 35.8. The van der Waals surface area contributed by atoms with Crippen LogP contribution in [0.1, 0.15) is 162 Å². The lowest BCUT2D eigenvalue weighted by Gasteiger charge is -2.35. The third-order valence-corrected chi connectivity index (χ3v) is 19.4. The largest absolute Gasteiger partial charge is 0.479 e. The molecule has 0 aliphatic carbocycles. The molecule has 2 amide bonds. The van der Waals surface area contributed by atoms with Gasteiger partial charge in [0.15, 0.2) is 18.3 Å². The molecule has 0 fully saturated rings. The number of aryl methyl sites for hydroxylation is 6. The summed E-state index contributed by atoms with van der Waals surface area (Å²) in [4.78, 5) is 95.0. The number of nitrogens with zero attached hydrogens (tertiary/aromatic N) is 12. The van der Waals surface area contributed by atoms with Crippen molar-refractivity contribution in [2.45, 2.75) is 193 Å². The molecule has 0 saturated carbocycles. The second kappa shape index (κ2) is 29.8. The molecule has 10 aromatic rings. The second-order valence-electron chi connectivity index (χ2n) is 30.6. The van der Waals surface area contributed by atoms with Crippen LogP contribution in [0.3, 0.4) is 0 Å². The van der Waals surface area contributed by atoms with Gasteiger partial charge in [-0.1, -0.05) is 29.8 Å². The van der Waals surface area contributed by atoms with Gasteiger partial charge in [0.25, 0.3) is 0 Å². The molecule has 0 radical (unpaired) electrons. The molecule has 13 rings (SSSR count). The predicted molar refractivity (Wildman–Crippen MR) is 416 cm³/mol. The number of carbonyl (C=O) groups is 5. The standard InChI is InChI=1S/C31H35N5O4.C26H33N5O4.C24H31N5O3/c1-17-8-10-21(11-9-17)25-23-14-18(2)35-12-13-36(30-32-15-22(16-33-30)34-20(4)37)26(27(23)35)19(3)24(25)28(29(38)39)40-31(5,6)7;1-14-11-19-15(2)20(23(24(33)34-8)35-26(5,6)7)16(3)21-22(19)30(14)9-10-31(21)25-27-12-18(13-28-25)29-17(4)32;1-13-10-17-14(2)18(21(22(30)31-7)32-24(4,5)6)15(3)19-20(17)28(13)8-9-29(19)23-26-11-16(25)12-27-23/h8-11,14-16,28H,12-13H2,1-7H3,(H,34,37)(H,38,39);11-13,23H,9-10H2,1-8H3,(H,29,32);10-12,21H,8-9,25H2,1-7H3/t28-;23-;21-/m000/s1. The van der Waals surface area contributed by atoms with Crippen molar-refractivity contribution < 1.29 is 52.8 Å². The minimum Gasteiger partial charge on any atom is -0.479 e. The fourth-order valence-corrected chi connectivity index (χ4v) is 15.1. The van der Waals surface area contributed by atoms with Gasteiger partial charge in [-0.05, 0) is 182 Å². The van der Waals surface area contributed by atoms with E-state index in [4.69, 9.17) is 29.4 Å². The van der Waals surface area contributed by atoms with Crippen LogP contribution in [-0.2, 0) is 67.3 Å². The van der Waals surface area contributed by atoms with Crippen molar-refractivity contribution in [1.29, 1.82) is 0 Å². The smallest absolute Gasteiger partial charge is 0.339 e. The number of rotatable bonds is 15. The number of aromatic nitrogens is 9. The van der Waals surface area contributed by atoms with Crippen LogP contribution in [0.4, 0.5) is 52.0 Å². The molecule has 9 heterocycles. The van der Waals surface area contributed by atoms with Crippen molar-refractivity contribution in [1.82, 2.24) is 43.6 Å². The van der Waals surface area contributed by atoms with Crippen molar-refractivity contribution in [3.05, 3.63) is 147 Å². The average molecular weight is 1460 g/mol. The summed E-state index contributed by atoms with van der Waals surface area (Å²) in [5.74, 6) is -0.707. The fraction of sp³-hybridized carbons (Fsp3) is 0.420. The lowest BCUT2D eigenvalue weighted by molar-refractivity contribution is -0.164. The summed E-state index contributed by atoms with van der Waals surface area (Å²) in [6.45, 7) is 42.7. The van der Waals surface area contributed by atoms with E-state index in [0.29, 0.717) is 66.6 Å². The van der Waals surface area contributed by atoms with Gasteiger partial charge in [0.2, 0.25) is 29.7 Å². The van der Waals surface area contributed by atoms with Crippen LogP contribution in [0.25, 0.3) is 43.8 Å². The van der Waals surface area contributed by atoms with Gasteiger partial charge in [0, 0.05) is 103 Å². The second-order valence-corrected chi connectivity index (χ2v) is 30.6. The van der Waals surface area contributed by atoms with E-state index >= 15 is 0 Å². The number of anilines is 9. The van der Waals surface area contributed by atoms with E-state index in [9.17, 15) is 29.1 Å². The molecule has 26 nitrogen and oxygen atoms in total. The molecule has 0 saturated heterocycles. The lowest BCUT2D eigenvalue weighted by Crippen LogP contribution is -2.32. The van der Waals surface area contributed by atoms with Crippen LogP contribution < -0.4 is 31.1 Å². The van der Waals surface area contributed by atoms with Crippen LogP contribution in [0, 0.1) is 62.3 Å². The Bertz CT molecular complexity index is 5120. The van der Waals surface area contributed by atoms with E-state index in [-0.39, 0.29) is 11.8 Å². The number of methoxy groups -OCH3 is 2. The Kier molecular flexibility index (Phi) is 21.6. The molecule has 0 unspecified atom stereocenters. The van der Waals surface area contributed by atoms with Gasteiger partial charge in [0.1, 0.15) is 0 Å². The van der Waals surface area contributed by atoms with E-state index in [2.05, 4.69) is 103 Å². The number of nitrogen functional groups attached to an aromatic ring is 1. The highest BCUT2D eigenvalue weighted by atomic mass is 16.6. The van der Waals surface area contributed by atoms with Crippen molar-refractivity contribution >= 4 is 114 Å². The number of esters is 2. The number of hydrogen-bond acceptors (Lipinski definition) is 20.